The van der Waals surface area contributed by atoms with Crippen molar-refractivity contribution < 1.29 is 18.3 Å². The first kappa shape index (κ1) is 16.1. The number of carboxylic acid groups (broad SMARTS) is 1. The predicted octanol–water partition coefficient (Wildman–Crippen LogP) is 2.23. The van der Waals surface area contributed by atoms with Gasteiger partial charge in [0.05, 0.1) is 10.3 Å². The molecule has 2 N–H and O–H groups in total. The van der Waals surface area contributed by atoms with Crippen LogP contribution in [0.25, 0.3) is 0 Å². The molecule has 1 unspecified atom stereocenters. The Labute approximate surface area is 121 Å². The standard InChI is InChI=1S/C12H16BrNO4S/c1-3-12(2,11(15)16)8-14-19(17,18)10-7-5-4-6-9(10)13/h4-7,14H,3,8H2,1-2H3,(H,15,16). The Morgan fingerprint density at radius 1 is 1.42 bits per heavy atom. The first-order valence-electron chi connectivity index (χ1n) is 5.70. The Kier molecular flexibility index (Phi) is 5.11. The Morgan fingerprint density at radius 2 is 2.00 bits per heavy atom. The lowest BCUT2D eigenvalue weighted by Gasteiger charge is -2.23. The summed E-state index contributed by atoms with van der Waals surface area (Å²) in [5, 5.41) is 9.11. The van der Waals surface area contributed by atoms with E-state index in [0.717, 1.165) is 0 Å². The molecule has 1 aromatic carbocycles. The van der Waals surface area contributed by atoms with Crippen molar-refractivity contribution in [2.24, 2.45) is 5.41 Å². The number of carboxylic acids is 1. The van der Waals surface area contributed by atoms with Gasteiger partial charge in [0.15, 0.2) is 0 Å². The van der Waals surface area contributed by atoms with E-state index in [1.165, 1.54) is 13.0 Å². The van der Waals surface area contributed by atoms with E-state index in [1.807, 2.05) is 0 Å². The van der Waals surface area contributed by atoms with Crippen molar-refractivity contribution in [3.8, 4) is 0 Å². The van der Waals surface area contributed by atoms with Gasteiger partial charge in [0.25, 0.3) is 0 Å². The maximum Gasteiger partial charge on any atom is 0.310 e. The second kappa shape index (κ2) is 6.02. The number of hydrogen-bond acceptors (Lipinski definition) is 3. The van der Waals surface area contributed by atoms with Crippen molar-refractivity contribution in [2.75, 3.05) is 6.54 Å². The van der Waals surface area contributed by atoms with Crippen LogP contribution in [0.5, 0.6) is 0 Å². The number of benzene rings is 1. The van der Waals surface area contributed by atoms with Crippen molar-refractivity contribution in [1.29, 1.82) is 0 Å². The summed E-state index contributed by atoms with van der Waals surface area (Å²) in [6.45, 7) is 3.07. The summed E-state index contributed by atoms with van der Waals surface area (Å²) in [5.74, 6) is -1.02. The molecule has 7 heteroatoms. The van der Waals surface area contributed by atoms with Gasteiger partial charge >= 0.3 is 5.97 Å². The minimum absolute atomic E-state index is 0.0961. The number of halogens is 1. The fraction of sp³-hybridized carbons (Fsp3) is 0.417. The number of aliphatic carboxylic acids is 1. The van der Waals surface area contributed by atoms with Gasteiger partial charge in [-0.3, -0.25) is 4.79 Å². The third-order valence-electron chi connectivity index (χ3n) is 3.08. The highest BCUT2D eigenvalue weighted by Gasteiger charge is 2.33. The summed E-state index contributed by atoms with van der Waals surface area (Å²) in [5.41, 5.74) is -1.12. The Morgan fingerprint density at radius 3 is 2.47 bits per heavy atom. The predicted molar refractivity (Wildman–Crippen MR) is 75.4 cm³/mol. The second-order valence-corrected chi connectivity index (χ2v) is 7.06. The molecule has 1 rings (SSSR count). The van der Waals surface area contributed by atoms with Crippen LogP contribution in [-0.4, -0.2) is 26.0 Å². The molecule has 0 saturated carbocycles. The van der Waals surface area contributed by atoms with Gasteiger partial charge in [0.2, 0.25) is 10.0 Å². The summed E-state index contributed by atoms with van der Waals surface area (Å²) < 4.78 is 27.0. The van der Waals surface area contributed by atoms with Crippen molar-refractivity contribution in [3.63, 3.8) is 0 Å². The largest absolute Gasteiger partial charge is 0.481 e. The van der Waals surface area contributed by atoms with Crippen LogP contribution in [0.4, 0.5) is 0 Å². The summed E-state index contributed by atoms with van der Waals surface area (Å²) >= 11 is 3.16. The fourth-order valence-electron chi connectivity index (χ4n) is 1.35. The van der Waals surface area contributed by atoms with Crippen LogP contribution in [0.1, 0.15) is 20.3 Å². The van der Waals surface area contributed by atoms with Gasteiger partial charge in [-0.1, -0.05) is 19.1 Å². The zero-order valence-electron chi connectivity index (χ0n) is 10.7. The van der Waals surface area contributed by atoms with E-state index in [4.69, 9.17) is 5.11 Å². The molecule has 1 atom stereocenters. The van der Waals surface area contributed by atoms with E-state index in [2.05, 4.69) is 20.7 Å². The van der Waals surface area contributed by atoms with Gasteiger partial charge in [-0.05, 0) is 41.4 Å². The molecule has 0 saturated heterocycles. The van der Waals surface area contributed by atoms with Crippen LogP contribution >= 0.6 is 15.9 Å². The highest BCUT2D eigenvalue weighted by atomic mass is 79.9. The topological polar surface area (TPSA) is 83.5 Å². The van der Waals surface area contributed by atoms with Crippen molar-refractivity contribution in [1.82, 2.24) is 4.72 Å². The number of carbonyl (C=O) groups is 1. The lowest BCUT2D eigenvalue weighted by atomic mass is 9.88. The maximum atomic E-state index is 12.1. The molecule has 19 heavy (non-hydrogen) atoms. The molecular formula is C12H16BrNO4S. The SMILES string of the molecule is CCC(C)(CNS(=O)(=O)c1ccccc1Br)C(=O)O. The first-order valence-corrected chi connectivity index (χ1v) is 7.98. The Hall–Kier alpha value is -0.920. The molecule has 0 aliphatic rings. The molecule has 1 aromatic rings. The molecule has 0 bridgehead atoms. The number of sulfonamides is 1. The minimum atomic E-state index is -3.73. The zero-order valence-corrected chi connectivity index (χ0v) is 13.1. The van der Waals surface area contributed by atoms with Crippen LogP contribution in [0.3, 0.4) is 0 Å². The zero-order chi connectivity index (χ0) is 14.7. The van der Waals surface area contributed by atoms with Gasteiger partial charge < -0.3 is 5.11 Å². The van der Waals surface area contributed by atoms with Gasteiger partial charge in [-0.15, -0.1) is 0 Å². The molecule has 0 spiro atoms. The quantitative estimate of drug-likeness (QED) is 0.824. The first-order chi connectivity index (χ1) is 8.73. The maximum absolute atomic E-state index is 12.1. The van der Waals surface area contributed by atoms with Crippen molar-refractivity contribution in [3.05, 3.63) is 28.7 Å². The van der Waals surface area contributed by atoms with Gasteiger partial charge in [0, 0.05) is 11.0 Å². The molecule has 0 aromatic heterocycles. The third kappa shape index (κ3) is 3.77. The van der Waals surface area contributed by atoms with Gasteiger partial charge in [0.1, 0.15) is 0 Å². The number of rotatable bonds is 6. The number of hydrogen-bond donors (Lipinski definition) is 2. The van der Waals surface area contributed by atoms with Crippen LogP contribution in [0.15, 0.2) is 33.6 Å². The molecule has 5 nitrogen and oxygen atoms in total. The lowest BCUT2D eigenvalue weighted by molar-refractivity contribution is -0.147. The molecule has 0 radical (unpaired) electrons. The highest BCUT2D eigenvalue weighted by molar-refractivity contribution is 9.10. The Balaban J connectivity index is 2.94. The van der Waals surface area contributed by atoms with E-state index >= 15 is 0 Å². The molecular weight excluding hydrogens is 334 g/mol. The second-order valence-electron chi connectivity index (χ2n) is 4.47. The van der Waals surface area contributed by atoms with Crippen LogP contribution < -0.4 is 4.72 Å². The summed E-state index contributed by atoms with van der Waals surface area (Å²) in [6, 6.07) is 6.38. The molecule has 0 aliphatic carbocycles. The molecule has 0 fully saturated rings. The van der Waals surface area contributed by atoms with E-state index in [0.29, 0.717) is 10.9 Å². The Bertz CT molecular complexity index is 573. The molecule has 0 heterocycles. The van der Waals surface area contributed by atoms with E-state index < -0.39 is 21.4 Å². The van der Waals surface area contributed by atoms with Gasteiger partial charge in [-0.2, -0.15) is 0 Å². The van der Waals surface area contributed by atoms with E-state index in [-0.39, 0.29) is 11.4 Å². The lowest BCUT2D eigenvalue weighted by Crippen LogP contribution is -2.40. The fourth-order valence-corrected chi connectivity index (χ4v) is 3.52. The summed E-state index contributed by atoms with van der Waals surface area (Å²) in [4.78, 5) is 11.2. The van der Waals surface area contributed by atoms with Crippen molar-refractivity contribution >= 4 is 31.9 Å². The van der Waals surface area contributed by atoms with Crippen LogP contribution in [0, 0.1) is 5.41 Å². The van der Waals surface area contributed by atoms with Gasteiger partial charge in [-0.25, -0.2) is 13.1 Å². The monoisotopic (exact) mass is 349 g/mol. The highest BCUT2D eigenvalue weighted by Crippen LogP contribution is 2.24. The van der Waals surface area contributed by atoms with Crippen LogP contribution in [-0.2, 0) is 14.8 Å². The van der Waals surface area contributed by atoms with E-state index in [1.54, 1.807) is 25.1 Å². The minimum Gasteiger partial charge on any atom is -0.481 e. The number of nitrogens with one attached hydrogen (secondary N) is 1. The van der Waals surface area contributed by atoms with Crippen molar-refractivity contribution in [2.45, 2.75) is 25.2 Å². The molecule has 0 amide bonds. The average Bonchev–Trinajstić information content (AvgIpc) is 2.36. The normalized spacial score (nSPS) is 14.9. The summed E-state index contributed by atoms with van der Waals surface area (Å²) in [6.07, 6.45) is 0.334. The molecule has 0 aliphatic heterocycles. The molecule has 106 valence electrons. The summed E-state index contributed by atoms with van der Waals surface area (Å²) in [7, 11) is -3.73. The van der Waals surface area contributed by atoms with E-state index in [9.17, 15) is 13.2 Å². The average molecular weight is 350 g/mol. The van der Waals surface area contributed by atoms with Crippen LogP contribution in [0.2, 0.25) is 0 Å². The third-order valence-corrected chi connectivity index (χ3v) is 5.49. The smallest absolute Gasteiger partial charge is 0.310 e.